The molecule has 1 aromatic rings. The number of nitrogen functional groups attached to an aromatic ring is 1. The van der Waals surface area contributed by atoms with Crippen molar-refractivity contribution in [3.05, 3.63) is 23.8 Å². The second kappa shape index (κ2) is 5.30. The number of hydrogen-bond acceptors (Lipinski definition) is 5. The molecule has 6 heteroatoms. The van der Waals surface area contributed by atoms with Crippen molar-refractivity contribution in [3.63, 3.8) is 0 Å². The fourth-order valence-electron chi connectivity index (χ4n) is 2.57. The summed E-state index contributed by atoms with van der Waals surface area (Å²) in [6.45, 7) is 4.73. The summed E-state index contributed by atoms with van der Waals surface area (Å²) in [7, 11) is 0. The van der Waals surface area contributed by atoms with Gasteiger partial charge in [-0.3, -0.25) is 0 Å². The van der Waals surface area contributed by atoms with Crippen LogP contribution in [0.3, 0.4) is 0 Å². The second-order valence-electron chi connectivity index (χ2n) is 5.64. The van der Waals surface area contributed by atoms with Gasteiger partial charge in [0.15, 0.2) is 0 Å². The van der Waals surface area contributed by atoms with Gasteiger partial charge in [0.25, 0.3) is 0 Å². The maximum atomic E-state index is 11.4. The Morgan fingerprint density at radius 3 is 2.85 bits per heavy atom. The number of aliphatic hydroxyl groups excluding tert-OH is 1. The summed E-state index contributed by atoms with van der Waals surface area (Å²) < 4.78 is 5.73. The van der Waals surface area contributed by atoms with E-state index in [1.165, 1.54) is 6.07 Å². The molecule has 0 aliphatic carbocycles. The molecule has 1 aliphatic heterocycles. The number of benzene rings is 1. The van der Waals surface area contributed by atoms with Crippen LogP contribution in [0.1, 0.15) is 24.2 Å². The van der Waals surface area contributed by atoms with Gasteiger partial charge in [0.1, 0.15) is 0 Å². The van der Waals surface area contributed by atoms with Gasteiger partial charge in [-0.25, -0.2) is 4.79 Å². The highest BCUT2D eigenvalue weighted by Gasteiger charge is 2.34. The Kier molecular flexibility index (Phi) is 3.87. The molecule has 0 saturated carbocycles. The van der Waals surface area contributed by atoms with Gasteiger partial charge in [-0.1, -0.05) is 0 Å². The minimum atomic E-state index is -1.02. The van der Waals surface area contributed by atoms with Crippen molar-refractivity contribution in [1.82, 2.24) is 0 Å². The van der Waals surface area contributed by atoms with Crippen molar-refractivity contribution in [2.24, 2.45) is 0 Å². The molecule has 0 bridgehead atoms. The first kappa shape index (κ1) is 14.6. The molecule has 1 atom stereocenters. The zero-order chi connectivity index (χ0) is 14.9. The van der Waals surface area contributed by atoms with Crippen molar-refractivity contribution in [2.45, 2.75) is 25.6 Å². The molecule has 1 heterocycles. The normalized spacial score (nSPS) is 21.8. The highest BCUT2D eigenvalue weighted by Crippen LogP contribution is 2.29. The number of nitrogens with zero attached hydrogens (tertiary/aromatic N) is 1. The number of carboxylic acid groups (broad SMARTS) is 1. The molecule has 110 valence electrons. The monoisotopic (exact) mass is 280 g/mol. The number of morpholine rings is 1. The predicted octanol–water partition coefficient (Wildman–Crippen LogP) is 0.943. The summed E-state index contributed by atoms with van der Waals surface area (Å²) >= 11 is 0. The number of rotatable bonds is 3. The van der Waals surface area contributed by atoms with Crippen LogP contribution in [0, 0.1) is 0 Å². The van der Waals surface area contributed by atoms with Gasteiger partial charge >= 0.3 is 5.97 Å². The van der Waals surface area contributed by atoms with Crippen LogP contribution in [0.15, 0.2) is 18.2 Å². The smallest absolute Gasteiger partial charge is 0.337 e. The first-order chi connectivity index (χ1) is 9.32. The van der Waals surface area contributed by atoms with E-state index in [-0.39, 0.29) is 18.3 Å². The van der Waals surface area contributed by atoms with Crippen molar-refractivity contribution in [1.29, 1.82) is 0 Å². The molecule has 0 radical (unpaired) electrons. The highest BCUT2D eigenvalue weighted by molar-refractivity contribution is 5.95. The molecule has 1 aliphatic rings. The van der Waals surface area contributed by atoms with Gasteiger partial charge in [0.2, 0.25) is 0 Å². The van der Waals surface area contributed by atoms with Crippen LogP contribution in [0.25, 0.3) is 0 Å². The number of aromatic carboxylic acids is 1. The lowest BCUT2D eigenvalue weighted by atomic mass is 10.0. The van der Waals surface area contributed by atoms with E-state index in [2.05, 4.69) is 0 Å². The summed E-state index contributed by atoms with van der Waals surface area (Å²) in [6.07, 6.45) is -0.335. The van der Waals surface area contributed by atoms with Crippen molar-refractivity contribution in [2.75, 3.05) is 30.3 Å². The van der Waals surface area contributed by atoms with Gasteiger partial charge in [0, 0.05) is 18.8 Å². The lowest BCUT2D eigenvalue weighted by molar-refractivity contribution is -0.101. The van der Waals surface area contributed by atoms with Gasteiger partial charge in [0.05, 0.1) is 29.6 Å². The summed E-state index contributed by atoms with van der Waals surface area (Å²) in [5.41, 5.74) is 6.38. The third-order valence-corrected chi connectivity index (χ3v) is 3.28. The van der Waals surface area contributed by atoms with E-state index in [4.69, 9.17) is 10.5 Å². The number of nitrogens with two attached hydrogens (primary N) is 1. The van der Waals surface area contributed by atoms with Crippen LogP contribution in [0.5, 0.6) is 0 Å². The lowest BCUT2D eigenvalue weighted by Gasteiger charge is -2.43. The minimum absolute atomic E-state index is 0.0999. The van der Waals surface area contributed by atoms with E-state index in [0.717, 1.165) is 0 Å². The topological polar surface area (TPSA) is 96.0 Å². The highest BCUT2D eigenvalue weighted by atomic mass is 16.5. The first-order valence-electron chi connectivity index (χ1n) is 6.49. The van der Waals surface area contributed by atoms with E-state index < -0.39 is 11.6 Å². The van der Waals surface area contributed by atoms with Crippen molar-refractivity contribution >= 4 is 17.3 Å². The van der Waals surface area contributed by atoms with E-state index in [9.17, 15) is 15.0 Å². The number of hydrogen-bond donors (Lipinski definition) is 3. The zero-order valence-corrected chi connectivity index (χ0v) is 11.7. The second-order valence-corrected chi connectivity index (χ2v) is 5.64. The molecule has 1 saturated heterocycles. The molecule has 2 rings (SSSR count). The number of aliphatic hydroxyl groups is 1. The van der Waals surface area contributed by atoms with Crippen LogP contribution in [-0.2, 0) is 4.74 Å². The molecule has 4 N–H and O–H groups in total. The molecule has 6 nitrogen and oxygen atoms in total. The van der Waals surface area contributed by atoms with Crippen LogP contribution >= 0.6 is 0 Å². The predicted molar refractivity (Wildman–Crippen MR) is 76.1 cm³/mol. The van der Waals surface area contributed by atoms with Gasteiger partial charge in [-0.15, -0.1) is 0 Å². The molecule has 1 fully saturated rings. The molecule has 0 aromatic heterocycles. The maximum Gasteiger partial charge on any atom is 0.337 e. The molecule has 1 aromatic carbocycles. The summed E-state index contributed by atoms with van der Waals surface area (Å²) in [6, 6.07) is 4.83. The Labute approximate surface area is 117 Å². The third-order valence-electron chi connectivity index (χ3n) is 3.28. The Balaban J connectivity index is 2.37. The Morgan fingerprint density at radius 1 is 1.55 bits per heavy atom. The number of ether oxygens (including phenoxy) is 1. The fourth-order valence-corrected chi connectivity index (χ4v) is 2.57. The fraction of sp³-hybridized carbons (Fsp3) is 0.500. The van der Waals surface area contributed by atoms with E-state index in [0.29, 0.717) is 24.5 Å². The van der Waals surface area contributed by atoms with Crippen molar-refractivity contribution in [3.8, 4) is 0 Å². The Hall–Kier alpha value is -1.79. The largest absolute Gasteiger partial charge is 0.478 e. The summed E-state index contributed by atoms with van der Waals surface area (Å²) in [5.74, 6) is -1.02. The quantitative estimate of drug-likeness (QED) is 0.713. The maximum absolute atomic E-state index is 11.4. The third kappa shape index (κ3) is 3.02. The number of anilines is 2. The molecule has 20 heavy (non-hydrogen) atoms. The standard InChI is InChI=1S/C14H20N2O4/c1-14(2)8-16(6-10(7-17)20-14)12-4-3-9(15)5-11(12)13(18)19/h3-5,10,17H,6-8,15H2,1-2H3,(H,18,19). The molecular formula is C14H20N2O4. The van der Waals surface area contributed by atoms with Gasteiger partial charge in [-0.05, 0) is 32.0 Å². The minimum Gasteiger partial charge on any atom is -0.478 e. The van der Waals surface area contributed by atoms with Gasteiger partial charge < -0.3 is 25.6 Å². The van der Waals surface area contributed by atoms with E-state index >= 15 is 0 Å². The van der Waals surface area contributed by atoms with E-state index in [1.807, 2.05) is 18.7 Å². The Morgan fingerprint density at radius 2 is 2.25 bits per heavy atom. The molecule has 0 amide bonds. The molecule has 0 spiro atoms. The number of carboxylic acids is 1. The van der Waals surface area contributed by atoms with Crippen LogP contribution in [0.4, 0.5) is 11.4 Å². The molecule has 1 unspecified atom stereocenters. The van der Waals surface area contributed by atoms with E-state index in [1.54, 1.807) is 12.1 Å². The van der Waals surface area contributed by atoms with Crippen LogP contribution in [0.2, 0.25) is 0 Å². The SMILES string of the molecule is CC1(C)CN(c2ccc(N)cc2C(=O)O)CC(CO)O1. The summed E-state index contributed by atoms with van der Waals surface area (Å²) in [5, 5.41) is 18.6. The average Bonchev–Trinajstić information content (AvgIpc) is 2.36. The Bertz CT molecular complexity index is 516. The average molecular weight is 280 g/mol. The lowest BCUT2D eigenvalue weighted by Crippen LogP contribution is -2.54. The zero-order valence-electron chi connectivity index (χ0n) is 11.7. The number of carbonyl (C=O) groups is 1. The summed E-state index contributed by atoms with van der Waals surface area (Å²) in [4.78, 5) is 13.3. The first-order valence-corrected chi connectivity index (χ1v) is 6.49. The van der Waals surface area contributed by atoms with Crippen LogP contribution in [-0.4, -0.2) is 47.6 Å². The van der Waals surface area contributed by atoms with Gasteiger partial charge in [-0.2, -0.15) is 0 Å². The van der Waals surface area contributed by atoms with Crippen LogP contribution < -0.4 is 10.6 Å². The van der Waals surface area contributed by atoms with Crippen molar-refractivity contribution < 1.29 is 19.7 Å². The molecular weight excluding hydrogens is 260 g/mol.